The number of nitrogens with one attached hydrogen (secondary N) is 1. The van der Waals surface area contributed by atoms with Gasteiger partial charge in [-0.25, -0.2) is 14.2 Å². The van der Waals surface area contributed by atoms with E-state index < -0.39 is 11.6 Å². The molecule has 0 bridgehead atoms. The highest BCUT2D eigenvalue weighted by atomic mass is 32.2. The zero-order chi connectivity index (χ0) is 28.7. The number of aliphatic hydroxyl groups is 1. The second kappa shape index (κ2) is 10.9. The molecule has 1 aromatic heterocycles. The molecule has 6 nitrogen and oxygen atoms in total. The second-order valence-electron chi connectivity index (χ2n) is 11.5. The number of thiazole rings is 1. The van der Waals surface area contributed by atoms with Crippen molar-refractivity contribution in [2.24, 2.45) is 5.92 Å². The van der Waals surface area contributed by atoms with Crippen LogP contribution in [0.3, 0.4) is 0 Å². The highest BCUT2D eigenvalue weighted by Crippen LogP contribution is 2.48. The minimum absolute atomic E-state index is 0.0184. The minimum Gasteiger partial charge on any atom is -0.511 e. The molecule has 9 heteroatoms. The summed E-state index contributed by atoms with van der Waals surface area (Å²) in [6.45, 7) is 13.6. The van der Waals surface area contributed by atoms with Crippen molar-refractivity contribution >= 4 is 50.3 Å². The van der Waals surface area contributed by atoms with E-state index in [1.165, 1.54) is 42.2 Å². The molecule has 39 heavy (non-hydrogen) atoms. The zero-order valence-corrected chi connectivity index (χ0v) is 25.0. The van der Waals surface area contributed by atoms with Crippen molar-refractivity contribution in [2.75, 3.05) is 5.32 Å². The van der Waals surface area contributed by atoms with Gasteiger partial charge in [0.25, 0.3) is 0 Å². The Kier molecular flexibility index (Phi) is 8.15. The van der Waals surface area contributed by atoms with Gasteiger partial charge in [0.2, 0.25) is 5.91 Å². The summed E-state index contributed by atoms with van der Waals surface area (Å²) in [5, 5.41) is 14.6. The predicted molar refractivity (Wildman–Crippen MR) is 156 cm³/mol. The van der Waals surface area contributed by atoms with E-state index in [0.29, 0.717) is 18.0 Å². The molecule has 4 rings (SSSR count). The normalized spacial score (nSPS) is 18.1. The van der Waals surface area contributed by atoms with Crippen LogP contribution in [0.25, 0.3) is 10.2 Å². The smallest absolute Gasteiger partial charge is 0.349 e. The van der Waals surface area contributed by atoms with E-state index in [-0.39, 0.29) is 40.1 Å². The van der Waals surface area contributed by atoms with Gasteiger partial charge in [-0.05, 0) is 66.0 Å². The Hall–Kier alpha value is -2.91. The van der Waals surface area contributed by atoms with Crippen LogP contribution in [0.5, 0.6) is 0 Å². The lowest BCUT2D eigenvalue weighted by Crippen LogP contribution is -2.44. The van der Waals surface area contributed by atoms with Crippen LogP contribution in [0.15, 0.2) is 45.9 Å². The van der Waals surface area contributed by atoms with Crippen LogP contribution in [-0.2, 0) is 26.2 Å². The lowest BCUT2D eigenvalue weighted by Gasteiger charge is -2.40. The van der Waals surface area contributed by atoms with E-state index >= 15 is 0 Å². The van der Waals surface area contributed by atoms with Crippen molar-refractivity contribution in [3.63, 3.8) is 0 Å². The largest absolute Gasteiger partial charge is 0.511 e. The maximum absolute atomic E-state index is 13.5. The molecule has 0 radical (unpaired) electrons. The summed E-state index contributed by atoms with van der Waals surface area (Å²) in [5.41, 5.74) is 2.48. The fraction of sp³-hybridized carbons (Fsp3) is 0.433. The van der Waals surface area contributed by atoms with Crippen molar-refractivity contribution in [3.05, 3.63) is 63.5 Å². The molecular formula is C30H35FN2O4S2. The molecule has 0 saturated heterocycles. The number of benzene rings is 2. The first-order chi connectivity index (χ1) is 18.2. The number of nitrogens with zero attached hydrogens (tertiary/aromatic N) is 1. The number of anilines is 1. The lowest BCUT2D eigenvalue weighted by atomic mass is 9.80. The first-order valence-electron chi connectivity index (χ1n) is 13.0. The first kappa shape index (κ1) is 29.1. The molecule has 0 spiro atoms. The summed E-state index contributed by atoms with van der Waals surface area (Å²) < 4.78 is 20.4. The summed E-state index contributed by atoms with van der Waals surface area (Å²) in [6, 6.07) is 8.29. The molecule has 0 saturated carbocycles. The SMILES string of the molecule is CC(=O)Nc1nc2c(C)cc(SC3=C(O)CC(CCc4ccc(F)cc4)(C(C)C)OC3=O)c(C(C)(C)C)c2s1. The molecule has 0 aliphatic carbocycles. The van der Waals surface area contributed by atoms with E-state index in [1.54, 1.807) is 12.1 Å². The number of ether oxygens (including phenoxy) is 1. The van der Waals surface area contributed by atoms with Gasteiger partial charge in [-0.1, -0.05) is 69.9 Å². The van der Waals surface area contributed by atoms with E-state index in [2.05, 4.69) is 31.1 Å². The van der Waals surface area contributed by atoms with Crippen molar-refractivity contribution in [1.29, 1.82) is 0 Å². The monoisotopic (exact) mass is 570 g/mol. The summed E-state index contributed by atoms with van der Waals surface area (Å²) >= 11 is 2.63. The number of carbonyl (C=O) groups is 2. The van der Waals surface area contributed by atoms with Crippen molar-refractivity contribution in [2.45, 2.75) is 83.6 Å². The molecule has 208 valence electrons. The standard InChI is InChI=1S/C30H35FN2O4S2/c1-16(2)30(13-12-19-8-10-20(31)11-9-19)15-21(35)25(27(36)37-30)38-22-14-17(3)24-26(23(22)29(5,6)7)39-28(33-24)32-18(4)34/h8-11,14,16,35H,12-13,15H2,1-7H3,(H,32,33,34). The third-order valence-corrected chi connectivity index (χ3v) is 9.22. The number of carbonyl (C=O) groups excluding carboxylic acids is 2. The number of cyclic esters (lactones) is 1. The topological polar surface area (TPSA) is 88.5 Å². The first-order valence-corrected chi connectivity index (χ1v) is 14.6. The molecule has 1 atom stereocenters. The third kappa shape index (κ3) is 6.14. The number of fused-ring (bicyclic) bond motifs is 1. The second-order valence-corrected chi connectivity index (χ2v) is 13.5. The molecule has 2 heterocycles. The van der Waals surface area contributed by atoms with E-state index in [0.717, 1.165) is 31.8 Å². The van der Waals surface area contributed by atoms with Gasteiger partial charge in [0, 0.05) is 18.2 Å². The molecule has 1 unspecified atom stereocenters. The maximum atomic E-state index is 13.5. The lowest BCUT2D eigenvalue weighted by molar-refractivity contribution is -0.164. The molecule has 1 aliphatic heterocycles. The summed E-state index contributed by atoms with van der Waals surface area (Å²) in [4.78, 5) is 30.8. The molecule has 0 fully saturated rings. The van der Waals surface area contributed by atoms with Crippen LogP contribution in [0.1, 0.15) is 71.1 Å². The van der Waals surface area contributed by atoms with Crippen molar-refractivity contribution in [1.82, 2.24) is 4.98 Å². The highest BCUT2D eigenvalue weighted by Gasteiger charge is 2.44. The fourth-order valence-electron chi connectivity index (χ4n) is 4.92. The Balaban J connectivity index is 1.70. The number of hydrogen-bond donors (Lipinski definition) is 2. The number of hydrogen-bond acceptors (Lipinski definition) is 7. The van der Waals surface area contributed by atoms with Gasteiger partial charge < -0.3 is 15.2 Å². The van der Waals surface area contributed by atoms with Gasteiger partial charge in [-0.3, -0.25) is 4.79 Å². The number of aryl methyl sites for hydroxylation is 2. The minimum atomic E-state index is -0.864. The number of esters is 1. The van der Waals surface area contributed by atoms with Gasteiger partial charge in [0.1, 0.15) is 22.1 Å². The average molecular weight is 571 g/mol. The Bertz CT molecular complexity index is 1450. The highest BCUT2D eigenvalue weighted by molar-refractivity contribution is 8.04. The van der Waals surface area contributed by atoms with Crippen LogP contribution in [0.2, 0.25) is 0 Å². The zero-order valence-electron chi connectivity index (χ0n) is 23.4. The van der Waals surface area contributed by atoms with Gasteiger partial charge >= 0.3 is 5.97 Å². The number of thioether (sulfide) groups is 1. The number of aromatic nitrogens is 1. The number of rotatable bonds is 7. The average Bonchev–Trinajstić information content (AvgIpc) is 3.23. The van der Waals surface area contributed by atoms with E-state index in [1.807, 2.05) is 26.8 Å². The van der Waals surface area contributed by atoms with Gasteiger partial charge in [0.05, 0.1) is 10.2 Å². The molecule has 3 aromatic rings. The Morgan fingerprint density at radius 3 is 2.51 bits per heavy atom. The van der Waals surface area contributed by atoms with Gasteiger partial charge in [-0.2, -0.15) is 0 Å². The Labute approximate surface area is 237 Å². The summed E-state index contributed by atoms with van der Waals surface area (Å²) in [5.74, 6) is -1.05. The summed E-state index contributed by atoms with van der Waals surface area (Å²) in [7, 11) is 0. The molecule has 2 N–H and O–H groups in total. The quantitative estimate of drug-likeness (QED) is 0.281. The molecule has 1 amide bonds. The Morgan fingerprint density at radius 2 is 1.95 bits per heavy atom. The maximum Gasteiger partial charge on any atom is 0.349 e. The Morgan fingerprint density at radius 1 is 1.28 bits per heavy atom. The van der Waals surface area contributed by atoms with Crippen molar-refractivity contribution in [3.8, 4) is 0 Å². The van der Waals surface area contributed by atoms with E-state index in [9.17, 15) is 19.1 Å². The van der Waals surface area contributed by atoms with Crippen LogP contribution in [0, 0.1) is 18.7 Å². The van der Waals surface area contributed by atoms with Crippen LogP contribution in [0.4, 0.5) is 9.52 Å². The predicted octanol–water partition coefficient (Wildman–Crippen LogP) is 7.84. The molecular weight excluding hydrogens is 535 g/mol. The van der Waals surface area contributed by atoms with Crippen molar-refractivity contribution < 1.29 is 23.8 Å². The van der Waals surface area contributed by atoms with Crippen LogP contribution >= 0.6 is 23.1 Å². The number of amides is 1. The number of aliphatic hydroxyl groups excluding tert-OH is 1. The van der Waals surface area contributed by atoms with Gasteiger partial charge in [-0.15, -0.1) is 0 Å². The van der Waals surface area contributed by atoms with Crippen LogP contribution < -0.4 is 5.32 Å². The third-order valence-electron chi connectivity index (χ3n) is 7.08. The van der Waals surface area contributed by atoms with E-state index in [4.69, 9.17) is 4.74 Å². The number of halogens is 1. The van der Waals surface area contributed by atoms with Gasteiger partial charge in [0.15, 0.2) is 5.13 Å². The molecule has 1 aliphatic rings. The molecule has 2 aromatic carbocycles. The fourth-order valence-corrected chi connectivity index (χ4v) is 7.61. The van der Waals surface area contributed by atoms with Crippen LogP contribution in [-0.4, -0.2) is 27.6 Å². The summed E-state index contributed by atoms with van der Waals surface area (Å²) in [6.07, 6.45) is 1.31.